The molecule has 12 rings (SSSR count). The molecule has 1 atom stereocenters. The van der Waals surface area contributed by atoms with Gasteiger partial charge in [0.2, 0.25) is 0 Å². The third kappa shape index (κ3) is 5.15. The molecule has 1 aliphatic heterocycles. The molecule has 0 aliphatic carbocycles. The lowest BCUT2D eigenvalue weighted by Gasteiger charge is -2.22. The molecule has 0 bridgehead atoms. The van der Waals surface area contributed by atoms with Crippen LogP contribution in [0.25, 0.3) is 80.7 Å². The molecule has 8 aromatic carbocycles. The average molecular weight is 749 g/mol. The third-order valence-corrected chi connectivity index (χ3v) is 12.4. The summed E-state index contributed by atoms with van der Waals surface area (Å²) in [4.78, 5) is 10.4. The molecule has 1 unspecified atom stereocenters. The largest absolute Gasteiger partial charge is 0.456 e. The summed E-state index contributed by atoms with van der Waals surface area (Å²) in [7, 11) is 0. The maximum atomic E-state index is 6.70. The number of nitrogens with one attached hydrogen (secondary N) is 1. The van der Waals surface area contributed by atoms with Crippen LogP contribution in [0.4, 0.5) is 0 Å². The number of benzene rings is 8. The second kappa shape index (κ2) is 12.6. The maximum absolute atomic E-state index is 6.70. The minimum absolute atomic E-state index is 0.456. The first-order valence-corrected chi connectivity index (χ1v) is 20.0. The number of para-hydroxylation sites is 2. The van der Waals surface area contributed by atoms with E-state index in [1.807, 2.05) is 29.5 Å². The van der Waals surface area contributed by atoms with Crippen molar-refractivity contribution in [2.24, 2.45) is 9.98 Å². The third-order valence-electron chi connectivity index (χ3n) is 11.3. The predicted molar refractivity (Wildman–Crippen MR) is 238 cm³/mol. The molecular weight excluding hydrogens is 717 g/mol. The highest BCUT2D eigenvalue weighted by Crippen LogP contribution is 2.41. The summed E-state index contributed by atoms with van der Waals surface area (Å²) in [5.41, 5.74) is 10.5. The van der Waals surface area contributed by atoms with E-state index >= 15 is 0 Å². The zero-order chi connectivity index (χ0) is 37.5. The Morgan fingerprint density at radius 1 is 0.474 bits per heavy atom. The summed E-state index contributed by atoms with van der Waals surface area (Å²) in [5, 5.41) is 10.7. The second-order valence-electron chi connectivity index (χ2n) is 14.6. The first-order chi connectivity index (χ1) is 28.2. The molecule has 0 saturated heterocycles. The molecule has 57 heavy (non-hydrogen) atoms. The van der Waals surface area contributed by atoms with E-state index in [1.54, 1.807) is 0 Å². The van der Waals surface area contributed by atoms with Gasteiger partial charge in [0.1, 0.15) is 22.8 Å². The Balaban J connectivity index is 0.964. The molecular formula is C51H32N4OS. The SMILES string of the molecule is c1ccc(C2=NC(c3ccc4c(c3)oc3cc(-c5cccc6c5c5ccccc5n6-c5ccccc5)ccc34)N=C(c3ccc4c(c3)sc3ccccc34)N2)cc1. The topological polar surface area (TPSA) is 54.8 Å². The van der Waals surface area contributed by atoms with Gasteiger partial charge < -0.3 is 14.3 Å². The highest BCUT2D eigenvalue weighted by molar-refractivity contribution is 7.25. The van der Waals surface area contributed by atoms with Crippen LogP contribution in [0.5, 0.6) is 0 Å². The zero-order valence-electron chi connectivity index (χ0n) is 30.6. The van der Waals surface area contributed by atoms with Gasteiger partial charge in [0.15, 0.2) is 6.17 Å². The average Bonchev–Trinajstić information content (AvgIpc) is 3.95. The van der Waals surface area contributed by atoms with E-state index in [1.165, 1.54) is 47.5 Å². The molecule has 268 valence electrons. The fourth-order valence-corrected chi connectivity index (χ4v) is 9.74. The van der Waals surface area contributed by atoms with Gasteiger partial charge in [-0.25, -0.2) is 9.98 Å². The van der Waals surface area contributed by atoms with Gasteiger partial charge in [-0.1, -0.05) is 127 Å². The van der Waals surface area contributed by atoms with Crippen molar-refractivity contribution >= 4 is 86.9 Å². The van der Waals surface area contributed by atoms with E-state index in [-0.39, 0.29) is 0 Å². The molecule has 0 amide bonds. The standard InChI is InChI=1S/C51H32N4OS/c1-3-12-31(13-4-1)49-52-50(54-51(53-49)34-24-27-40-39-16-8-10-21-46(39)57-47(40)30-34)33-23-26-38-37-25-22-32(28-44(37)56-45(38)29-33)36-18-11-20-43-48(36)41-17-7-9-19-42(41)55(43)35-14-5-2-6-15-35/h1-30,50H,(H,52,53,54). The molecule has 1 aliphatic rings. The molecule has 0 fully saturated rings. The van der Waals surface area contributed by atoms with Gasteiger partial charge in [-0.3, -0.25) is 0 Å². The first-order valence-electron chi connectivity index (χ1n) is 19.2. The van der Waals surface area contributed by atoms with Crippen molar-refractivity contribution in [3.05, 3.63) is 199 Å². The van der Waals surface area contributed by atoms with Crippen LogP contribution in [-0.4, -0.2) is 16.2 Å². The number of thiophene rings is 1. The van der Waals surface area contributed by atoms with E-state index in [9.17, 15) is 0 Å². The van der Waals surface area contributed by atoms with E-state index < -0.39 is 6.17 Å². The Bertz CT molecular complexity index is 3450. The number of rotatable bonds is 5. The van der Waals surface area contributed by atoms with Crippen LogP contribution in [0.15, 0.2) is 196 Å². The predicted octanol–water partition coefficient (Wildman–Crippen LogP) is 13.2. The van der Waals surface area contributed by atoms with Crippen molar-refractivity contribution in [2.45, 2.75) is 6.17 Å². The summed E-state index contributed by atoms with van der Waals surface area (Å²) in [6.07, 6.45) is -0.456. The van der Waals surface area contributed by atoms with Crippen LogP contribution in [0.3, 0.4) is 0 Å². The summed E-state index contributed by atoms with van der Waals surface area (Å²) < 4.78 is 11.6. The van der Waals surface area contributed by atoms with Gasteiger partial charge in [0.25, 0.3) is 0 Å². The van der Waals surface area contributed by atoms with Crippen LogP contribution in [0.2, 0.25) is 0 Å². The maximum Gasteiger partial charge on any atom is 0.169 e. The van der Waals surface area contributed by atoms with Gasteiger partial charge in [-0.2, -0.15) is 0 Å². The van der Waals surface area contributed by atoms with Crippen molar-refractivity contribution in [1.29, 1.82) is 0 Å². The zero-order valence-corrected chi connectivity index (χ0v) is 31.4. The highest BCUT2D eigenvalue weighted by atomic mass is 32.1. The summed E-state index contributed by atoms with van der Waals surface area (Å²) >= 11 is 1.81. The number of hydrogen-bond donors (Lipinski definition) is 1. The lowest BCUT2D eigenvalue weighted by molar-refractivity contribution is 0.666. The molecule has 0 saturated carbocycles. The van der Waals surface area contributed by atoms with Crippen molar-refractivity contribution < 1.29 is 4.42 Å². The van der Waals surface area contributed by atoms with Crippen molar-refractivity contribution in [3.8, 4) is 16.8 Å². The molecule has 0 spiro atoms. The van der Waals surface area contributed by atoms with E-state index in [2.05, 4.69) is 174 Å². The monoisotopic (exact) mass is 748 g/mol. The fourth-order valence-electron chi connectivity index (χ4n) is 8.60. The Morgan fingerprint density at radius 2 is 1.12 bits per heavy atom. The van der Waals surface area contributed by atoms with Crippen LogP contribution in [-0.2, 0) is 0 Å². The molecule has 0 radical (unpaired) electrons. The second-order valence-corrected chi connectivity index (χ2v) is 15.7. The number of fused-ring (bicyclic) bond motifs is 9. The molecule has 6 heteroatoms. The number of nitrogens with zero attached hydrogens (tertiary/aromatic N) is 3. The molecule has 3 aromatic heterocycles. The van der Waals surface area contributed by atoms with E-state index in [0.717, 1.165) is 61.6 Å². The molecule has 4 heterocycles. The minimum atomic E-state index is -0.456. The number of amidine groups is 2. The lowest BCUT2D eigenvalue weighted by Crippen LogP contribution is -2.36. The summed E-state index contributed by atoms with van der Waals surface area (Å²) in [6, 6.07) is 64.4. The van der Waals surface area contributed by atoms with Gasteiger partial charge in [0.05, 0.1) is 11.0 Å². The number of aromatic nitrogens is 1. The van der Waals surface area contributed by atoms with Crippen molar-refractivity contribution in [1.82, 2.24) is 9.88 Å². The Labute approximate surface area is 331 Å². The first kappa shape index (κ1) is 32.0. The normalized spacial score (nSPS) is 14.5. The summed E-state index contributed by atoms with van der Waals surface area (Å²) in [5.74, 6) is 1.59. The number of hydrogen-bond acceptors (Lipinski definition) is 5. The van der Waals surface area contributed by atoms with Crippen molar-refractivity contribution in [3.63, 3.8) is 0 Å². The minimum Gasteiger partial charge on any atom is -0.456 e. The van der Waals surface area contributed by atoms with Crippen LogP contribution in [0, 0.1) is 0 Å². The van der Waals surface area contributed by atoms with Crippen LogP contribution in [0.1, 0.15) is 22.9 Å². The van der Waals surface area contributed by atoms with Gasteiger partial charge in [0, 0.05) is 64.1 Å². The van der Waals surface area contributed by atoms with E-state index in [0.29, 0.717) is 0 Å². The number of aliphatic imine (C=N–C) groups is 2. The van der Waals surface area contributed by atoms with E-state index in [4.69, 9.17) is 14.4 Å². The quantitative estimate of drug-likeness (QED) is 0.191. The van der Waals surface area contributed by atoms with Crippen molar-refractivity contribution in [2.75, 3.05) is 0 Å². The molecule has 11 aromatic rings. The summed E-state index contributed by atoms with van der Waals surface area (Å²) in [6.45, 7) is 0. The van der Waals surface area contributed by atoms with Gasteiger partial charge in [-0.05, 0) is 65.7 Å². The van der Waals surface area contributed by atoms with Crippen LogP contribution < -0.4 is 5.32 Å². The van der Waals surface area contributed by atoms with Crippen LogP contribution >= 0.6 is 11.3 Å². The fraction of sp³-hybridized carbons (Fsp3) is 0.0196. The highest BCUT2D eigenvalue weighted by Gasteiger charge is 2.23. The molecule has 5 nitrogen and oxygen atoms in total. The van der Waals surface area contributed by atoms with Gasteiger partial charge in [-0.15, -0.1) is 11.3 Å². The Hall–Kier alpha value is -7.28. The van der Waals surface area contributed by atoms with Gasteiger partial charge >= 0.3 is 0 Å². The lowest BCUT2D eigenvalue weighted by atomic mass is 9.98. The molecule has 1 N–H and O–H groups in total. The smallest absolute Gasteiger partial charge is 0.169 e. The number of furan rings is 1. The Kier molecular flexibility index (Phi) is 7.09. The Morgan fingerprint density at radius 3 is 1.98 bits per heavy atom.